The molecule has 0 atom stereocenters. The standard InChI is InChI=1S/C18H23BrFNO4/c1-11-12(8-13(19)10-15(11)20)9-16(22)21-18(17(23)25-3)6-4-14(24-2)5-7-18/h8,10,14H,4-7,9H2,1-3H3,(H,21,22)/t14-,18-. The van der Waals surface area contributed by atoms with Gasteiger partial charge in [0.25, 0.3) is 0 Å². The molecule has 1 N–H and O–H groups in total. The minimum absolute atomic E-state index is 0.00531. The number of rotatable bonds is 5. The molecule has 1 saturated carbocycles. The molecule has 0 saturated heterocycles. The Kier molecular flexibility index (Phi) is 6.57. The van der Waals surface area contributed by atoms with Crippen molar-refractivity contribution in [3.8, 4) is 0 Å². The Morgan fingerprint density at radius 2 is 1.96 bits per heavy atom. The molecule has 0 heterocycles. The van der Waals surface area contributed by atoms with Gasteiger partial charge in [-0.2, -0.15) is 0 Å². The number of benzene rings is 1. The Morgan fingerprint density at radius 3 is 2.52 bits per heavy atom. The van der Waals surface area contributed by atoms with Gasteiger partial charge < -0.3 is 14.8 Å². The van der Waals surface area contributed by atoms with E-state index < -0.39 is 11.5 Å². The highest BCUT2D eigenvalue weighted by molar-refractivity contribution is 9.10. The number of carbonyl (C=O) groups is 2. The first kappa shape index (κ1) is 19.8. The number of hydrogen-bond acceptors (Lipinski definition) is 4. The summed E-state index contributed by atoms with van der Waals surface area (Å²) in [7, 11) is 2.95. The van der Waals surface area contributed by atoms with Crippen LogP contribution in [-0.2, 0) is 25.5 Å². The summed E-state index contributed by atoms with van der Waals surface area (Å²) in [6, 6.07) is 3.07. The molecular weight excluding hydrogens is 393 g/mol. The highest BCUT2D eigenvalue weighted by atomic mass is 79.9. The van der Waals surface area contributed by atoms with Gasteiger partial charge in [0.05, 0.1) is 19.6 Å². The minimum Gasteiger partial charge on any atom is -0.467 e. The van der Waals surface area contributed by atoms with Gasteiger partial charge in [-0.05, 0) is 55.9 Å². The van der Waals surface area contributed by atoms with Crippen LogP contribution in [0.25, 0.3) is 0 Å². The van der Waals surface area contributed by atoms with Crippen LogP contribution in [0, 0.1) is 12.7 Å². The first-order chi connectivity index (χ1) is 11.8. The summed E-state index contributed by atoms with van der Waals surface area (Å²) >= 11 is 3.24. The normalized spacial score (nSPS) is 23.2. The molecule has 7 heteroatoms. The maximum atomic E-state index is 13.8. The Labute approximate surface area is 155 Å². The maximum absolute atomic E-state index is 13.8. The second-order valence-electron chi connectivity index (χ2n) is 6.41. The van der Waals surface area contributed by atoms with Crippen LogP contribution in [0.15, 0.2) is 16.6 Å². The zero-order valence-corrected chi connectivity index (χ0v) is 16.2. The molecule has 0 unspecified atom stereocenters. The molecule has 0 aliphatic heterocycles. The van der Waals surface area contributed by atoms with Crippen molar-refractivity contribution in [3.63, 3.8) is 0 Å². The Bertz CT molecular complexity index is 657. The third-order valence-corrected chi connectivity index (χ3v) is 5.30. The SMILES string of the molecule is COC(=O)[C@]1(NC(=O)Cc2cc(Br)cc(F)c2C)CC[C@H](OC)CC1. The predicted octanol–water partition coefficient (Wildman–Crippen LogP) is 3.06. The summed E-state index contributed by atoms with van der Waals surface area (Å²) in [4.78, 5) is 24.8. The van der Waals surface area contributed by atoms with E-state index >= 15 is 0 Å². The second kappa shape index (κ2) is 8.27. The largest absolute Gasteiger partial charge is 0.467 e. The summed E-state index contributed by atoms with van der Waals surface area (Å²) in [5, 5.41) is 2.84. The maximum Gasteiger partial charge on any atom is 0.331 e. The lowest BCUT2D eigenvalue weighted by atomic mass is 9.80. The smallest absolute Gasteiger partial charge is 0.331 e. The van der Waals surface area contributed by atoms with Crippen LogP contribution in [-0.4, -0.2) is 37.7 Å². The second-order valence-corrected chi connectivity index (χ2v) is 7.32. The number of methoxy groups -OCH3 is 2. The summed E-state index contributed by atoms with van der Waals surface area (Å²) in [6.45, 7) is 1.63. The van der Waals surface area contributed by atoms with Crippen LogP contribution in [0.1, 0.15) is 36.8 Å². The van der Waals surface area contributed by atoms with E-state index in [9.17, 15) is 14.0 Å². The first-order valence-electron chi connectivity index (χ1n) is 8.18. The van der Waals surface area contributed by atoms with Crippen molar-refractivity contribution >= 4 is 27.8 Å². The van der Waals surface area contributed by atoms with Gasteiger partial charge in [0, 0.05) is 11.6 Å². The molecule has 138 valence electrons. The number of hydrogen-bond donors (Lipinski definition) is 1. The summed E-state index contributed by atoms with van der Waals surface area (Å²) in [5.41, 5.74) is -0.0391. The number of carbonyl (C=O) groups excluding carboxylic acids is 2. The van der Waals surface area contributed by atoms with Gasteiger partial charge in [-0.25, -0.2) is 9.18 Å². The topological polar surface area (TPSA) is 64.6 Å². The van der Waals surface area contributed by atoms with Crippen LogP contribution < -0.4 is 5.32 Å². The Balaban J connectivity index is 2.14. The van der Waals surface area contributed by atoms with Crippen molar-refractivity contribution in [1.29, 1.82) is 0 Å². The van der Waals surface area contributed by atoms with Crippen molar-refractivity contribution in [2.75, 3.05) is 14.2 Å². The van der Waals surface area contributed by atoms with Crippen LogP contribution in [0.4, 0.5) is 4.39 Å². The molecule has 5 nitrogen and oxygen atoms in total. The number of halogens is 2. The van der Waals surface area contributed by atoms with Crippen LogP contribution in [0.5, 0.6) is 0 Å². The lowest BCUT2D eigenvalue weighted by Gasteiger charge is -2.38. The Morgan fingerprint density at radius 1 is 1.32 bits per heavy atom. The number of amides is 1. The molecule has 0 spiro atoms. The highest BCUT2D eigenvalue weighted by Gasteiger charge is 2.44. The average Bonchev–Trinajstić information content (AvgIpc) is 2.59. The molecule has 0 bridgehead atoms. The van der Waals surface area contributed by atoms with Crippen molar-refractivity contribution in [2.45, 2.75) is 50.7 Å². The molecular formula is C18H23BrFNO4. The fourth-order valence-electron chi connectivity index (χ4n) is 3.26. The van der Waals surface area contributed by atoms with Crippen molar-refractivity contribution < 1.29 is 23.5 Å². The number of nitrogens with one attached hydrogen (secondary N) is 1. The van der Waals surface area contributed by atoms with Crippen LogP contribution in [0.2, 0.25) is 0 Å². The van der Waals surface area contributed by atoms with Crippen molar-refractivity contribution in [1.82, 2.24) is 5.32 Å². The third kappa shape index (κ3) is 4.58. The molecule has 1 aromatic carbocycles. The van der Waals surface area contributed by atoms with E-state index in [1.54, 1.807) is 20.1 Å². The van der Waals surface area contributed by atoms with E-state index in [1.807, 2.05) is 0 Å². The van der Waals surface area contributed by atoms with Gasteiger partial charge in [-0.3, -0.25) is 4.79 Å². The van der Waals surface area contributed by atoms with E-state index in [0.717, 1.165) is 0 Å². The van der Waals surface area contributed by atoms with Crippen molar-refractivity contribution in [2.24, 2.45) is 0 Å². The lowest BCUT2D eigenvalue weighted by Crippen LogP contribution is -2.57. The van der Waals surface area contributed by atoms with Gasteiger partial charge in [0.1, 0.15) is 11.4 Å². The zero-order valence-electron chi connectivity index (χ0n) is 14.7. The van der Waals surface area contributed by atoms with Gasteiger partial charge >= 0.3 is 5.97 Å². The monoisotopic (exact) mass is 415 g/mol. The average molecular weight is 416 g/mol. The van der Waals surface area contributed by atoms with Crippen LogP contribution >= 0.6 is 15.9 Å². The third-order valence-electron chi connectivity index (χ3n) is 4.84. The van der Waals surface area contributed by atoms with E-state index in [2.05, 4.69) is 21.2 Å². The highest BCUT2D eigenvalue weighted by Crippen LogP contribution is 2.31. The van der Waals surface area contributed by atoms with Gasteiger partial charge in [0.15, 0.2) is 0 Å². The molecule has 1 fully saturated rings. The molecule has 0 aromatic heterocycles. The quantitative estimate of drug-likeness (QED) is 0.750. The fraction of sp³-hybridized carbons (Fsp3) is 0.556. The summed E-state index contributed by atoms with van der Waals surface area (Å²) < 4.78 is 24.7. The van der Waals surface area contributed by atoms with E-state index in [1.165, 1.54) is 13.2 Å². The molecule has 1 aromatic rings. The van der Waals surface area contributed by atoms with E-state index in [4.69, 9.17) is 9.47 Å². The molecule has 2 rings (SSSR count). The molecule has 0 radical (unpaired) electrons. The molecule has 25 heavy (non-hydrogen) atoms. The first-order valence-corrected chi connectivity index (χ1v) is 8.97. The van der Waals surface area contributed by atoms with Crippen molar-refractivity contribution in [3.05, 3.63) is 33.5 Å². The predicted molar refractivity (Wildman–Crippen MR) is 94.7 cm³/mol. The van der Waals surface area contributed by atoms with Gasteiger partial charge in [0.2, 0.25) is 5.91 Å². The minimum atomic E-state index is -1.04. The fourth-order valence-corrected chi connectivity index (χ4v) is 3.74. The number of esters is 1. The number of ether oxygens (including phenoxy) is 2. The lowest BCUT2D eigenvalue weighted by molar-refractivity contribution is -0.153. The Hall–Kier alpha value is -1.47. The molecule has 1 aliphatic carbocycles. The molecule has 1 aliphatic rings. The molecule has 1 amide bonds. The van der Waals surface area contributed by atoms with E-state index in [-0.39, 0.29) is 24.2 Å². The van der Waals surface area contributed by atoms with E-state index in [0.29, 0.717) is 41.3 Å². The zero-order chi connectivity index (χ0) is 18.6. The van der Waals surface area contributed by atoms with Gasteiger partial charge in [-0.15, -0.1) is 0 Å². The summed E-state index contributed by atoms with van der Waals surface area (Å²) in [6.07, 6.45) is 2.31. The summed E-state index contributed by atoms with van der Waals surface area (Å²) in [5.74, 6) is -1.16. The van der Waals surface area contributed by atoms with Gasteiger partial charge in [-0.1, -0.05) is 15.9 Å². The van der Waals surface area contributed by atoms with Crippen LogP contribution in [0.3, 0.4) is 0 Å².